The Balaban J connectivity index is 1.77. The summed E-state index contributed by atoms with van der Waals surface area (Å²) in [5.41, 5.74) is 1.65. The summed E-state index contributed by atoms with van der Waals surface area (Å²) < 4.78 is 7.40. The number of aliphatic hydroxyl groups is 1. The van der Waals surface area contributed by atoms with Crippen LogP contribution in [0.15, 0.2) is 102 Å². The fourth-order valence-corrected chi connectivity index (χ4v) is 5.99. The Morgan fingerprint density at radius 3 is 2.46 bits per heavy atom. The van der Waals surface area contributed by atoms with Crippen LogP contribution in [-0.4, -0.2) is 43.5 Å². The number of anilines is 1. The van der Waals surface area contributed by atoms with E-state index < -0.39 is 17.2 Å². The first-order valence-electron chi connectivity index (χ1n) is 12.6. The van der Waals surface area contributed by atoms with Gasteiger partial charge in [-0.25, -0.2) is 0 Å². The van der Waals surface area contributed by atoms with Crippen molar-refractivity contribution in [3.8, 4) is 0 Å². The lowest BCUT2D eigenvalue weighted by Gasteiger charge is -2.49. The summed E-state index contributed by atoms with van der Waals surface area (Å²) in [4.78, 5) is 2.12. The van der Waals surface area contributed by atoms with Crippen LogP contribution in [0.5, 0.6) is 0 Å². The van der Waals surface area contributed by atoms with Crippen LogP contribution in [0, 0.1) is 0 Å². The van der Waals surface area contributed by atoms with E-state index in [4.69, 9.17) is 4.74 Å². The molecule has 3 unspecified atom stereocenters. The van der Waals surface area contributed by atoms with Crippen LogP contribution >= 0.6 is 15.9 Å². The summed E-state index contributed by atoms with van der Waals surface area (Å²) in [7, 11) is 5.80. The largest absolute Gasteiger partial charge is 0.384 e. The molecule has 5 heteroatoms. The molecule has 2 N–H and O–H groups in total. The lowest BCUT2D eigenvalue weighted by molar-refractivity contribution is -0.0832. The van der Waals surface area contributed by atoms with E-state index in [1.54, 1.807) is 7.11 Å². The number of fused-ring (bicyclic) bond motifs is 2. The molecule has 0 bridgehead atoms. The number of rotatable bonds is 8. The Morgan fingerprint density at radius 1 is 0.973 bits per heavy atom. The van der Waals surface area contributed by atoms with Gasteiger partial charge in [0.15, 0.2) is 5.72 Å². The number of nitrogens with one attached hydrogen (secondary N) is 1. The van der Waals surface area contributed by atoms with Gasteiger partial charge in [-0.2, -0.15) is 0 Å². The summed E-state index contributed by atoms with van der Waals surface area (Å²) >= 11 is 3.58. The normalized spacial score (nSPS) is 19.3. The molecule has 0 aliphatic carbocycles. The average Bonchev–Trinajstić information content (AvgIpc) is 2.92. The third kappa shape index (κ3) is 4.85. The zero-order valence-electron chi connectivity index (χ0n) is 21.5. The monoisotopic (exact) mass is 556 g/mol. The minimum absolute atomic E-state index is 0.468. The van der Waals surface area contributed by atoms with Crippen molar-refractivity contribution in [1.29, 1.82) is 0 Å². The summed E-state index contributed by atoms with van der Waals surface area (Å²) in [5, 5.41) is 18.9. The number of halogens is 1. The molecular weight excluding hydrogens is 524 g/mol. The Bertz CT molecular complexity index is 1420. The Kier molecular flexibility index (Phi) is 7.24. The minimum Gasteiger partial charge on any atom is -0.384 e. The highest BCUT2D eigenvalue weighted by Gasteiger charge is 2.53. The number of ether oxygens (including phenoxy) is 1. The molecule has 37 heavy (non-hydrogen) atoms. The summed E-state index contributed by atoms with van der Waals surface area (Å²) in [6, 6.07) is 30.9. The quantitative estimate of drug-likeness (QED) is 0.245. The molecule has 0 saturated carbocycles. The second kappa shape index (κ2) is 10.4. The van der Waals surface area contributed by atoms with E-state index in [1.165, 1.54) is 0 Å². The number of nitrogens with zero attached hydrogens (tertiary/aromatic N) is 1. The van der Waals surface area contributed by atoms with Crippen molar-refractivity contribution in [3.05, 3.63) is 118 Å². The molecule has 1 aliphatic heterocycles. The van der Waals surface area contributed by atoms with Crippen LogP contribution in [0.3, 0.4) is 0 Å². The van der Waals surface area contributed by atoms with E-state index in [0.29, 0.717) is 13.0 Å². The maximum Gasteiger partial charge on any atom is 0.167 e. The second-order valence-electron chi connectivity index (χ2n) is 10.0. The Labute approximate surface area is 227 Å². The molecule has 3 atom stereocenters. The molecular formula is C32H33BrN2O2. The van der Waals surface area contributed by atoms with Crippen molar-refractivity contribution in [2.24, 2.45) is 0 Å². The smallest absolute Gasteiger partial charge is 0.167 e. The van der Waals surface area contributed by atoms with Gasteiger partial charge in [-0.05, 0) is 72.3 Å². The molecule has 0 aromatic heterocycles. The van der Waals surface area contributed by atoms with Crippen LogP contribution in [0.1, 0.15) is 29.0 Å². The van der Waals surface area contributed by atoms with Crippen LogP contribution in [0.25, 0.3) is 16.8 Å². The zero-order valence-corrected chi connectivity index (χ0v) is 23.1. The first kappa shape index (κ1) is 25.7. The molecule has 0 fully saturated rings. The van der Waals surface area contributed by atoms with Crippen molar-refractivity contribution in [2.75, 3.05) is 33.1 Å². The molecule has 4 aromatic carbocycles. The van der Waals surface area contributed by atoms with Crippen LogP contribution < -0.4 is 5.32 Å². The third-order valence-electron chi connectivity index (χ3n) is 7.43. The molecule has 4 nitrogen and oxygen atoms in total. The van der Waals surface area contributed by atoms with Crippen LogP contribution in [-0.2, 0) is 10.3 Å². The van der Waals surface area contributed by atoms with Crippen molar-refractivity contribution in [2.45, 2.75) is 23.7 Å². The molecule has 190 valence electrons. The average molecular weight is 558 g/mol. The molecule has 1 aliphatic rings. The lowest BCUT2D eigenvalue weighted by Crippen LogP contribution is -2.54. The van der Waals surface area contributed by atoms with E-state index in [2.05, 4.69) is 86.8 Å². The summed E-state index contributed by atoms with van der Waals surface area (Å²) in [6.07, 6.45) is 4.66. The van der Waals surface area contributed by atoms with Gasteiger partial charge in [0.2, 0.25) is 0 Å². The highest BCUT2D eigenvalue weighted by molar-refractivity contribution is 9.10. The standard InChI is InChI=1S/C32H33BrN2O2/c1-35(2)21-20-31(36,28-15-9-13-23-10-7-8-14-27(23)28)30(24-11-5-4-6-12-24)32(37-3)19-18-25-22-26(33)16-17-29(25)34-32/h4-19,22,30,34,36H,20-21H2,1-3H3. The maximum atomic E-state index is 13.1. The Hall–Kier alpha value is -2.96. The predicted octanol–water partition coefficient (Wildman–Crippen LogP) is 7.01. The van der Waals surface area contributed by atoms with Gasteiger partial charge in [-0.15, -0.1) is 0 Å². The van der Waals surface area contributed by atoms with E-state index in [1.807, 2.05) is 56.6 Å². The van der Waals surface area contributed by atoms with Crippen molar-refractivity contribution in [3.63, 3.8) is 0 Å². The molecule has 0 radical (unpaired) electrons. The van der Waals surface area contributed by atoms with E-state index in [0.717, 1.165) is 37.6 Å². The summed E-state index contributed by atoms with van der Waals surface area (Å²) in [5.74, 6) is -0.468. The molecule has 1 heterocycles. The van der Waals surface area contributed by atoms with E-state index in [-0.39, 0.29) is 0 Å². The van der Waals surface area contributed by atoms with Crippen LogP contribution in [0.2, 0.25) is 0 Å². The maximum absolute atomic E-state index is 13.1. The van der Waals surface area contributed by atoms with Crippen molar-refractivity contribution < 1.29 is 9.84 Å². The number of hydrogen-bond donors (Lipinski definition) is 2. The van der Waals surface area contributed by atoms with E-state index >= 15 is 0 Å². The van der Waals surface area contributed by atoms with Gasteiger partial charge in [-0.3, -0.25) is 0 Å². The molecule has 4 aromatic rings. The van der Waals surface area contributed by atoms with Crippen LogP contribution in [0.4, 0.5) is 5.69 Å². The van der Waals surface area contributed by atoms with Crippen molar-refractivity contribution >= 4 is 38.5 Å². The van der Waals surface area contributed by atoms with Crippen molar-refractivity contribution in [1.82, 2.24) is 4.90 Å². The molecule has 5 rings (SSSR count). The summed E-state index contributed by atoms with van der Waals surface area (Å²) in [6.45, 7) is 0.704. The molecule has 0 amide bonds. The SMILES string of the molecule is COC1(C(c2ccccc2)C(O)(CCN(C)C)c2cccc3ccccc23)C=Cc2cc(Br)ccc2N1. The first-order valence-corrected chi connectivity index (χ1v) is 13.4. The molecule has 0 spiro atoms. The van der Waals surface area contributed by atoms with Gasteiger partial charge in [0.1, 0.15) is 5.60 Å². The Morgan fingerprint density at radius 2 is 1.70 bits per heavy atom. The van der Waals surface area contributed by atoms with Gasteiger partial charge in [0.25, 0.3) is 0 Å². The van der Waals surface area contributed by atoms with E-state index in [9.17, 15) is 5.11 Å². The zero-order chi connectivity index (χ0) is 26.0. The highest BCUT2D eigenvalue weighted by atomic mass is 79.9. The fraction of sp³-hybridized carbons (Fsp3) is 0.250. The lowest BCUT2D eigenvalue weighted by atomic mass is 9.68. The topological polar surface area (TPSA) is 44.7 Å². The second-order valence-corrected chi connectivity index (χ2v) is 11.0. The number of benzene rings is 4. The van der Waals surface area contributed by atoms with Gasteiger partial charge >= 0.3 is 0 Å². The van der Waals surface area contributed by atoms with Gasteiger partial charge in [0.05, 0.1) is 5.92 Å². The fourth-order valence-electron chi connectivity index (χ4n) is 5.61. The molecule has 0 saturated heterocycles. The highest BCUT2D eigenvalue weighted by Crippen LogP contribution is 2.51. The predicted molar refractivity (Wildman–Crippen MR) is 157 cm³/mol. The number of methoxy groups -OCH3 is 1. The van der Waals surface area contributed by atoms with Gasteiger partial charge in [0, 0.05) is 23.8 Å². The third-order valence-corrected chi connectivity index (χ3v) is 7.92. The van der Waals surface area contributed by atoms with Gasteiger partial charge < -0.3 is 20.1 Å². The van der Waals surface area contributed by atoms with Gasteiger partial charge in [-0.1, -0.05) is 94.8 Å². The minimum atomic E-state index is -1.27. The number of hydrogen-bond acceptors (Lipinski definition) is 4. The first-order chi connectivity index (χ1) is 17.9.